The molecule has 0 heterocycles. The molecule has 0 amide bonds. The van der Waals surface area contributed by atoms with E-state index in [4.69, 9.17) is 10.5 Å². The Morgan fingerprint density at radius 2 is 1.16 bits per heavy atom. The zero-order chi connectivity index (χ0) is 23.7. The van der Waals surface area contributed by atoms with Gasteiger partial charge in [0.1, 0.15) is 0 Å². The van der Waals surface area contributed by atoms with Crippen molar-refractivity contribution in [3.05, 3.63) is 49.6 Å². The molecule has 176 valence electrons. The number of nitrogens with zero attached hydrogens (tertiary/aromatic N) is 2. The summed E-state index contributed by atoms with van der Waals surface area (Å²) in [5.41, 5.74) is 0. The summed E-state index contributed by atoms with van der Waals surface area (Å²) in [4.78, 5) is 0. The molecule has 0 N–H and O–H groups in total. The van der Waals surface area contributed by atoms with Gasteiger partial charge in [-0.15, -0.1) is 6.58 Å². The minimum absolute atomic E-state index is 0. The van der Waals surface area contributed by atoms with Gasteiger partial charge in [-0.3, -0.25) is 0 Å². The Balaban J connectivity index is -0.000000380. The predicted octanol–water partition coefficient (Wildman–Crippen LogP) is 8.37. The molecular weight excluding hydrogens is 465 g/mol. The molecule has 2 bridgehead atoms. The molecule has 3 aliphatic carbocycles. The molecule has 0 saturated heterocycles. The minimum Gasteiger partial charge on any atom is -0.193 e. The van der Waals surface area contributed by atoms with E-state index < -0.39 is 0 Å². The molecule has 0 aliphatic heterocycles. The van der Waals surface area contributed by atoms with Crippen LogP contribution >= 0.6 is 0 Å². The first kappa shape index (κ1) is 34.2. The maximum absolute atomic E-state index is 8.44. The van der Waals surface area contributed by atoms with Crippen molar-refractivity contribution >= 4 is 0 Å². The van der Waals surface area contributed by atoms with E-state index in [1.165, 1.54) is 12.5 Å². The van der Waals surface area contributed by atoms with E-state index in [1.54, 1.807) is 12.1 Å². The third kappa shape index (κ3) is 11.1. The fourth-order valence-corrected chi connectivity index (χ4v) is 4.57. The van der Waals surface area contributed by atoms with Crippen LogP contribution in [-0.2, 0) is 19.5 Å². The molecule has 2 fully saturated rings. The Hall–Kier alpha value is -1.44. The number of hydrogen-bond donors (Lipinski definition) is 0. The minimum atomic E-state index is 0. The fourth-order valence-electron chi connectivity index (χ4n) is 4.57. The van der Waals surface area contributed by atoms with Gasteiger partial charge >= 0.3 is 0 Å². The Bertz CT molecular complexity index is 591. The third-order valence-electron chi connectivity index (χ3n) is 6.87. The summed E-state index contributed by atoms with van der Waals surface area (Å²) >= 11 is 0. The first-order chi connectivity index (χ1) is 14.4. The van der Waals surface area contributed by atoms with Crippen LogP contribution in [0.2, 0.25) is 0 Å². The monoisotopic (exact) mass is 512 g/mol. The summed E-state index contributed by atoms with van der Waals surface area (Å²) in [5, 5.41) is 16.0. The Kier molecular flexibility index (Phi) is 22.6. The van der Waals surface area contributed by atoms with Crippen LogP contribution in [0.3, 0.4) is 0 Å². The second-order valence-electron chi connectivity index (χ2n) is 8.01. The van der Waals surface area contributed by atoms with Crippen LogP contribution < -0.4 is 0 Å². The van der Waals surface area contributed by atoms with E-state index in [9.17, 15) is 0 Å². The molecule has 0 radical (unpaired) electrons. The normalized spacial score (nSPS) is 33.2. The summed E-state index contributed by atoms with van der Waals surface area (Å²) in [7, 11) is 0. The average molecular weight is 512 g/mol. The fraction of sp³-hybridized carbons (Fsp3) is 0.643. The topological polar surface area (TPSA) is 47.6 Å². The second kappa shape index (κ2) is 20.5. The van der Waals surface area contributed by atoms with Gasteiger partial charge in [0.15, 0.2) is 0 Å². The standard InChI is InChI=1S/C12H17N.C9H14.C3H3N.2C2H6.Ru/c1-4-11-8-12(6-5-7-13)10(3)9(11)2;1-6-7(2)9-4-3-8(6)5-9;1-2-3-4;2*1-2;/h4-6,9-12H,1,8H2,2-3H3;3-4,6-9H,5H2,1-2H3;2H,1H2;2*1-2H3;/b6-5+;;;;;. The van der Waals surface area contributed by atoms with Crippen molar-refractivity contribution in [2.45, 2.75) is 68.2 Å². The molecule has 3 aliphatic rings. The van der Waals surface area contributed by atoms with Crippen LogP contribution in [-0.4, -0.2) is 0 Å². The van der Waals surface area contributed by atoms with E-state index in [-0.39, 0.29) is 19.5 Å². The van der Waals surface area contributed by atoms with Crippen molar-refractivity contribution in [3.63, 3.8) is 0 Å². The van der Waals surface area contributed by atoms with Gasteiger partial charge in [0.25, 0.3) is 0 Å². The quantitative estimate of drug-likeness (QED) is 0.212. The Morgan fingerprint density at radius 3 is 1.42 bits per heavy atom. The van der Waals surface area contributed by atoms with Crippen LogP contribution in [0.1, 0.15) is 68.2 Å². The summed E-state index contributed by atoms with van der Waals surface area (Å²) in [5.74, 6) is 6.36. The van der Waals surface area contributed by atoms with Crippen LogP contribution in [0.5, 0.6) is 0 Å². The van der Waals surface area contributed by atoms with Crippen molar-refractivity contribution in [3.8, 4) is 12.1 Å². The van der Waals surface area contributed by atoms with E-state index in [1.807, 2.05) is 33.8 Å². The van der Waals surface area contributed by atoms with E-state index >= 15 is 0 Å². The number of hydrogen-bond acceptors (Lipinski definition) is 2. The maximum Gasteiger partial charge on any atom is 0.0908 e. The van der Waals surface area contributed by atoms with Gasteiger partial charge in [0.05, 0.1) is 12.1 Å². The van der Waals surface area contributed by atoms with Gasteiger partial charge in [-0.25, -0.2) is 0 Å². The molecule has 0 aromatic rings. The molecule has 2 saturated carbocycles. The first-order valence-electron chi connectivity index (χ1n) is 11.8. The molecule has 8 unspecified atom stereocenters. The Morgan fingerprint density at radius 1 is 0.742 bits per heavy atom. The van der Waals surface area contributed by atoms with Crippen molar-refractivity contribution in [2.75, 3.05) is 0 Å². The van der Waals surface area contributed by atoms with E-state index in [2.05, 4.69) is 65.2 Å². The molecule has 2 nitrogen and oxygen atoms in total. The van der Waals surface area contributed by atoms with Crippen LogP contribution in [0, 0.1) is 70.0 Å². The largest absolute Gasteiger partial charge is 0.193 e. The van der Waals surface area contributed by atoms with Crippen molar-refractivity contribution in [1.29, 1.82) is 10.5 Å². The van der Waals surface area contributed by atoms with Crippen LogP contribution in [0.4, 0.5) is 0 Å². The van der Waals surface area contributed by atoms with Crippen molar-refractivity contribution in [2.24, 2.45) is 47.3 Å². The molecule has 0 spiro atoms. The van der Waals surface area contributed by atoms with Gasteiger partial charge < -0.3 is 0 Å². The number of rotatable bonds is 2. The van der Waals surface area contributed by atoms with Crippen LogP contribution in [0.25, 0.3) is 0 Å². The zero-order valence-corrected chi connectivity index (χ0v) is 22.9. The molecule has 3 heteroatoms. The third-order valence-corrected chi connectivity index (χ3v) is 6.87. The number of fused-ring (bicyclic) bond motifs is 2. The van der Waals surface area contributed by atoms with Crippen molar-refractivity contribution in [1.82, 2.24) is 0 Å². The average Bonchev–Trinajstić information content (AvgIpc) is 3.47. The number of allylic oxidation sites excluding steroid dienone is 6. The maximum atomic E-state index is 8.44. The SMILES string of the molecule is C=CC#N.C=CC1CC(/C=C/C#N)C(C)C1C.CC.CC.CC1C2C=CC(C2)C1C.[Ru]. The zero-order valence-electron chi connectivity index (χ0n) is 21.2. The van der Waals surface area contributed by atoms with E-state index in [0.29, 0.717) is 23.7 Å². The second-order valence-corrected chi connectivity index (χ2v) is 8.01. The summed E-state index contributed by atoms with van der Waals surface area (Å²) < 4.78 is 0. The molecule has 31 heavy (non-hydrogen) atoms. The van der Waals surface area contributed by atoms with Crippen LogP contribution in [0.15, 0.2) is 49.6 Å². The van der Waals surface area contributed by atoms with Crippen molar-refractivity contribution < 1.29 is 19.5 Å². The van der Waals surface area contributed by atoms with Gasteiger partial charge in [-0.1, -0.05) is 86.3 Å². The number of nitriles is 2. The summed E-state index contributed by atoms with van der Waals surface area (Å²) in [6.07, 6.45) is 14.3. The molecule has 8 atom stereocenters. The van der Waals surface area contributed by atoms with Gasteiger partial charge in [0, 0.05) is 31.6 Å². The molecule has 0 aromatic heterocycles. The van der Waals surface area contributed by atoms with Gasteiger partial charge in [-0.2, -0.15) is 10.5 Å². The predicted molar refractivity (Wildman–Crippen MR) is 132 cm³/mol. The summed E-state index contributed by atoms with van der Waals surface area (Å²) in [6.45, 7) is 24.3. The smallest absolute Gasteiger partial charge is 0.0908 e. The molecular formula is C28H46N2Ru. The molecule has 3 rings (SSSR count). The molecule has 0 aromatic carbocycles. The van der Waals surface area contributed by atoms with Gasteiger partial charge in [0.2, 0.25) is 0 Å². The summed E-state index contributed by atoms with van der Waals surface area (Å²) in [6, 6.07) is 3.75. The van der Waals surface area contributed by atoms with Gasteiger partial charge in [-0.05, 0) is 60.2 Å². The Labute approximate surface area is 207 Å². The first-order valence-corrected chi connectivity index (χ1v) is 11.8. The van der Waals surface area contributed by atoms with E-state index in [0.717, 1.165) is 30.1 Å².